The van der Waals surface area contributed by atoms with Crippen LogP contribution >= 0.6 is 0 Å². The first-order chi connectivity index (χ1) is 9.52. The lowest BCUT2D eigenvalue weighted by molar-refractivity contribution is 0.405. The van der Waals surface area contributed by atoms with Gasteiger partial charge >= 0.3 is 0 Å². The van der Waals surface area contributed by atoms with E-state index < -0.39 is 10.0 Å². The fraction of sp³-hybridized carbons (Fsp3) is 0.538. The standard InChI is InChI=1S/C13H22N2O4S/c1-4-7-14-8-9-20(16,17)15-12-10-11(18-2)5-6-13(12)19-3/h5-6,10,14-15H,4,7-9H2,1-3H3. The summed E-state index contributed by atoms with van der Waals surface area (Å²) in [5.41, 5.74) is 0.377. The summed E-state index contributed by atoms with van der Waals surface area (Å²) in [5, 5.41) is 3.05. The van der Waals surface area contributed by atoms with Gasteiger partial charge in [-0.15, -0.1) is 0 Å². The largest absolute Gasteiger partial charge is 0.497 e. The molecule has 2 N–H and O–H groups in total. The van der Waals surface area contributed by atoms with Gasteiger partial charge in [-0.2, -0.15) is 0 Å². The van der Waals surface area contributed by atoms with E-state index >= 15 is 0 Å². The summed E-state index contributed by atoms with van der Waals surface area (Å²) in [4.78, 5) is 0. The first kappa shape index (κ1) is 16.6. The first-order valence-electron chi connectivity index (χ1n) is 6.45. The third-order valence-corrected chi connectivity index (χ3v) is 3.92. The van der Waals surface area contributed by atoms with Crippen LogP contribution in [0, 0.1) is 0 Å². The van der Waals surface area contributed by atoms with Gasteiger partial charge in [-0.1, -0.05) is 6.92 Å². The van der Waals surface area contributed by atoms with Gasteiger partial charge in [-0.05, 0) is 25.1 Å². The Bertz CT molecular complexity index is 517. The summed E-state index contributed by atoms with van der Waals surface area (Å²) in [6.07, 6.45) is 0.969. The minimum Gasteiger partial charge on any atom is -0.497 e. The monoisotopic (exact) mass is 302 g/mol. The van der Waals surface area contributed by atoms with Crippen LogP contribution in [-0.2, 0) is 10.0 Å². The number of nitrogens with one attached hydrogen (secondary N) is 2. The molecule has 0 aliphatic carbocycles. The fourth-order valence-electron chi connectivity index (χ4n) is 1.62. The summed E-state index contributed by atoms with van der Waals surface area (Å²) in [6.45, 7) is 3.24. The van der Waals surface area contributed by atoms with Crippen molar-refractivity contribution in [3.63, 3.8) is 0 Å². The smallest absolute Gasteiger partial charge is 0.234 e. The van der Waals surface area contributed by atoms with E-state index in [1.165, 1.54) is 14.2 Å². The number of methoxy groups -OCH3 is 2. The van der Waals surface area contributed by atoms with E-state index in [2.05, 4.69) is 10.0 Å². The molecule has 20 heavy (non-hydrogen) atoms. The summed E-state index contributed by atoms with van der Waals surface area (Å²) < 4.78 is 36.7. The molecule has 0 amide bonds. The number of benzene rings is 1. The average molecular weight is 302 g/mol. The van der Waals surface area contributed by atoms with Gasteiger partial charge < -0.3 is 14.8 Å². The van der Waals surface area contributed by atoms with Crippen LogP contribution in [0.2, 0.25) is 0 Å². The van der Waals surface area contributed by atoms with E-state index in [0.717, 1.165) is 13.0 Å². The number of anilines is 1. The van der Waals surface area contributed by atoms with E-state index in [1.807, 2.05) is 6.92 Å². The maximum absolute atomic E-state index is 12.0. The van der Waals surface area contributed by atoms with Crippen molar-refractivity contribution in [2.24, 2.45) is 0 Å². The van der Waals surface area contributed by atoms with E-state index in [4.69, 9.17) is 9.47 Å². The Labute approximate surface area is 120 Å². The van der Waals surface area contributed by atoms with Crippen LogP contribution in [0.25, 0.3) is 0 Å². The third kappa shape index (κ3) is 5.26. The van der Waals surface area contributed by atoms with Crippen molar-refractivity contribution in [1.29, 1.82) is 0 Å². The Morgan fingerprint density at radius 1 is 1.15 bits per heavy atom. The quantitative estimate of drug-likeness (QED) is 0.675. The highest BCUT2D eigenvalue weighted by atomic mass is 32.2. The second-order valence-corrected chi connectivity index (χ2v) is 6.08. The van der Waals surface area contributed by atoms with Crippen molar-refractivity contribution in [2.75, 3.05) is 37.8 Å². The molecule has 0 saturated carbocycles. The van der Waals surface area contributed by atoms with Crippen molar-refractivity contribution in [1.82, 2.24) is 5.32 Å². The SMILES string of the molecule is CCCNCCS(=O)(=O)Nc1cc(OC)ccc1OC. The lowest BCUT2D eigenvalue weighted by Crippen LogP contribution is -2.27. The predicted octanol–water partition coefficient (Wildman–Crippen LogP) is 1.45. The zero-order chi connectivity index (χ0) is 15.0. The molecule has 0 unspecified atom stereocenters. The highest BCUT2D eigenvalue weighted by Gasteiger charge is 2.14. The summed E-state index contributed by atoms with van der Waals surface area (Å²) >= 11 is 0. The van der Waals surface area contributed by atoms with E-state index in [9.17, 15) is 8.42 Å². The third-order valence-electron chi connectivity index (χ3n) is 2.65. The Morgan fingerprint density at radius 3 is 2.50 bits per heavy atom. The number of hydrogen-bond donors (Lipinski definition) is 2. The van der Waals surface area contributed by atoms with Crippen LogP contribution < -0.4 is 19.5 Å². The highest BCUT2D eigenvalue weighted by molar-refractivity contribution is 7.92. The van der Waals surface area contributed by atoms with Crippen molar-refractivity contribution in [3.8, 4) is 11.5 Å². The molecule has 1 aromatic rings. The second kappa shape index (κ2) is 7.96. The van der Waals surface area contributed by atoms with Gasteiger partial charge in [0.2, 0.25) is 10.0 Å². The van der Waals surface area contributed by atoms with Crippen molar-refractivity contribution in [3.05, 3.63) is 18.2 Å². The molecule has 0 spiro atoms. The molecule has 1 aromatic carbocycles. The maximum Gasteiger partial charge on any atom is 0.234 e. The van der Waals surface area contributed by atoms with Crippen LogP contribution in [0.4, 0.5) is 5.69 Å². The molecule has 0 bridgehead atoms. The van der Waals surface area contributed by atoms with Gasteiger partial charge in [0.25, 0.3) is 0 Å². The number of sulfonamides is 1. The molecule has 114 valence electrons. The van der Waals surface area contributed by atoms with Gasteiger partial charge in [0.05, 0.1) is 25.7 Å². The zero-order valence-corrected chi connectivity index (χ0v) is 12.9. The molecule has 0 radical (unpaired) electrons. The normalized spacial score (nSPS) is 11.2. The topological polar surface area (TPSA) is 76.7 Å². The minimum atomic E-state index is -3.42. The zero-order valence-electron chi connectivity index (χ0n) is 12.1. The molecular formula is C13H22N2O4S. The van der Waals surface area contributed by atoms with Crippen LogP contribution in [-0.4, -0.2) is 41.5 Å². The molecule has 0 fully saturated rings. The fourth-order valence-corrected chi connectivity index (χ4v) is 2.63. The minimum absolute atomic E-state index is 0.00731. The number of rotatable bonds is 9. The summed E-state index contributed by atoms with van der Waals surface area (Å²) in [6, 6.07) is 4.96. The summed E-state index contributed by atoms with van der Waals surface area (Å²) in [7, 11) is -0.410. The van der Waals surface area contributed by atoms with Crippen LogP contribution in [0.15, 0.2) is 18.2 Å². The molecule has 7 heteroatoms. The highest BCUT2D eigenvalue weighted by Crippen LogP contribution is 2.29. The van der Waals surface area contributed by atoms with Gasteiger partial charge in [-0.25, -0.2) is 8.42 Å². The Morgan fingerprint density at radius 2 is 1.90 bits per heavy atom. The van der Waals surface area contributed by atoms with Gasteiger partial charge in [-0.3, -0.25) is 4.72 Å². The van der Waals surface area contributed by atoms with Crippen LogP contribution in [0.1, 0.15) is 13.3 Å². The molecule has 6 nitrogen and oxygen atoms in total. The lowest BCUT2D eigenvalue weighted by atomic mass is 10.3. The Balaban J connectivity index is 2.75. The maximum atomic E-state index is 12.0. The Kier molecular flexibility index (Phi) is 6.60. The predicted molar refractivity (Wildman–Crippen MR) is 80.1 cm³/mol. The number of ether oxygens (including phenoxy) is 2. The van der Waals surface area contributed by atoms with Crippen molar-refractivity contribution in [2.45, 2.75) is 13.3 Å². The van der Waals surface area contributed by atoms with Gasteiger partial charge in [0.15, 0.2) is 0 Å². The van der Waals surface area contributed by atoms with E-state index in [1.54, 1.807) is 18.2 Å². The number of hydrogen-bond acceptors (Lipinski definition) is 5. The van der Waals surface area contributed by atoms with Crippen LogP contribution in [0.3, 0.4) is 0 Å². The molecule has 0 saturated heterocycles. The molecule has 0 heterocycles. The lowest BCUT2D eigenvalue weighted by Gasteiger charge is -2.13. The van der Waals surface area contributed by atoms with Crippen molar-refractivity contribution < 1.29 is 17.9 Å². The molecule has 0 aromatic heterocycles. The molecule has 0 atom stereocenters. The van der Waals surface area contributed by atoms with E-state index in [0.29, 0.717) is 23.7 Å². The van der Waals surface area contributed by atoms with Crippen LogP contribution in [0.5, 0.6) is 11.5 Å². The summed E-state index contributed by atoms with van der Waals surface area (Å²) in [5.74, 6) is 1.02. The molecule has 1 rings (SSSR count). The van der Waals surface area contributed by atoms with Crippen molar-refractivity contribution >= 4 is 15.7 Å². The van der Waals surface area contributed by atoms with Gasteiger partial charge in [0.1, 0.15) is 11.5 Å². The molecule has 0 aliphatic heterocycles. The van der Waals surface area contributed by atoms with Gasteiger partial charge in [0, 0.05) is 12.6 Å². The molecule has 0 aliphatic rings. The first-order valence-corrected chi connectivity index (χ1v) is 8.11. The Hall–Kier alpha value is -1.47. The average Bonchev–Trinajstić information content (AvgIpc) is 2.43. The molecular weight excluding hydrogens is 280 g/mol. The second-order valence-electron chi connectivity index (χ2n) is 4.24. The van der Waals surface area contributed by atoms with E-state index in [-0.39, 0.29) is 5.75 Å².